The number of fused-ring (bicyclic) bond motifs is 4. The number of allylic oxidation sites excluding steroid dienone is 2. The Morgan fingerprint density at radius 3 is 2.71 bits per heavy atom. The molecular weight excluding hydrogens is 380 g/mol. The lowest BCUT2D eigenvalue weighted by atomic mass is 9.63. The first kappa shape index (κ1) is 20.0. The molecule has 0 amide bonds. The van der Waals surface area contributed by atoms with Crippen LogP contribution < -0.4 is 0 Å². The minimum atomic E-state index is 0.348. The third kappa shape index (κ3) is 3.20. The van der Waals surface area contributed by atoms with Gasteiger partial charge in [0.25, 0.3) is 0 Å². The van der Waals surface area contributed by atoms with Gasteiger partial charge in [-0.2, -0.15) is 0 Å². The van der Waals surface area contributed by atoms with E-state index in [1.165, 1.54) is 34.5 Å². The van der Waals surface area contributed by atoms with Crippen molar-refractivity contribution in [1.82, 2.24) is 15.0 Å². The molecule has 2 aliphatic rings. The highest BCUT2D eigenvalue weighted by molar-refractivity contribution is 5.92. The Balaban J connectivity index is 1.73. The van der Waals surface area contributed by atoms with Crippen molar-refractivity contribution in [2.24, 2.45) is 11.8 Å². The number of pyridine rings is 1. The molecule has 2 aliphatic carbocycles. The summed E-state index contributed by atoms with van der Waals surface area (Å²) in [6.45, 7) is 9.02. The van der Waals surface area contributed by atoms with Crippen molar-refractivity contribution >= 4 is 17.1 Å². The molecule has 0 aliphatic heterocycles. The van der Waals surface area contributed by atoms with Crippen LogP contribution in [0.15, 0.2) is 47.7 Å². The molecule has 2 heterocycles. The third-order valence-electron chi connectivity index (χ3n) is 7.55. The van der Waals surface area contributed by atoms with Gasteiger partial charge in [0.1, 0.15) is 0 Å². The zero-order chi connectivity index (χ0) is 21.7. The van der Waals surface area contributed by atoms with Gasteiger partial charge in [0, 0.05) is 29.3 Å². The predicted octanol–water partition coefficient (Wildman–Crippen LogP) is 6.47. The van der Waals surface area contributed by atoms with Crippen LogP contribution in [0.25, 0.3) is 22.3 Å². The number of rotatable bonds is 3. The lowest BCUT2D eigenvalue weighted by molar-refractivity contribution is 0.270. The van der Waals surface area contributed by atoms with Gasteiger partial charge < -0.3 is 5.41 Å². The quantitative estimate of drug-likeness (QED) is 0.504. The average Bonchev–Trinajstić information content (AvgIpc) is 2.79. The van der Waals surface area contributed by atoms with E-state index < -0.39 is 0 Å². The van der Waals surface area contributed by atoms with Gasteiger partial charge in [-0.25, -0.2) is 9.97 Å². The monoisotopic (exact) mass is 410 g/mol. The first-order valence-electron chi connectivity index (χ1n) is 11.4. The Hall–Kier alpha value is -2.88. The second-order valence-corrected chi connectivity index (χ2v) is 9.48. The number of hydrogen-bond donors (Lipinski definition) is 1. The lowest BCUT2D eigenvalue weighted by Crippen LogP contribution is -2.33. The molecule has 1 N–H and O–H groups in total. The van der Waals surface area contributed by atoms with E-state index in [0.29, 0.717) is 23.7 Å². The summed E-state index contributed by atoms with van der Waals surface area (Å²) >= 11 is 0. The Bertz CT molecular complexity index is 1200. The molecule has 5 rings (SSSR count). The highest BCUT2D eigenvalue weighted by Gasteiger charge is 2.40. The van der Waals surface area contributed by atoms with E-state index in [2.05, 4.69) is 44.8 Å². The Morgan fingerprint density at radius 2 is 1.94 bits per heavy atom. The highest BCUT2D eigenvalue weighted by atomic mass is 14.9. The van der Waals surface area contributed by atoms with E-state index in [0.717, 1.165) is 35.1 Å². The van der Waals surface area contributed by atoms with Crippen LogP contribution >= 0.6 is 0 Å². The van der Waals surface area contributed by atoms with Crippen LogP contribution in [-0.2, 0) is 6.42 Å². The van der Waals surface area contributed by atoms with Gasteiger partial charge in [-0.05, 0) is 67.2 Å². The lowest BCUT2D eigenvalue weighted by Gasteiger charge is -2.42. The fourth-order valence-electron chi connectivity index (χ4n) is 5.72. The van der Waals surface area contributed by atoms with Gasteiger partial charge in [-0.1, -0.05) is 44.5 Å². The Kier molecular flexibility index (Phi) is 4.96. The van der Waals surface area contributed by atoms with Crippen LogP contribution in [0.3, 0.4) is 0 Å². The number of aromatic nitrogens is 3. The summed E-state index contributed by atoms with van der Waals surface area (Å²) in [7, 11) is 0. The molecule has 158 valence electrons. The molecule has 3 aromatic rings. The molecule has 4 heteroatoms. The normalized spacial score (nSPS) is 23.1. The smallest absolute Gasteiger partial charge is 0.160 e. The van der Waals surface area contributed by atoms with E-state index in [9.17, 15) is 0 Å². The van der Waals surface area contributed by atoms with Gasteiger partial charge in [0.05, 0.1) is 16.9 Å². The maximum atomic E-state index is 7.96. The topological polar surface area (TPSA) is 62.5 Å². The van der Waals surface area contributed by atoms with Gasteiger partial charge in [-0.15, -0.1) is 0 Å². The zero-order valence-electron chi connectivity index (χ0n) is 18.8. The molecule has 31 heavy (non-hydrogen) atoms. The van der Waals surface area contributed by atoms with Crippen LogP contribution in [0, 0.1) is 17.2 Å². The van der Waals surface area contributed by atoms with E-state index in [4.69, 9.17) is 15.4 Å². The number of hydrogen-bond acceptors (Lipinski definition) is 4. The van der Waals surface area contributed by atoms with Gasteiger partial charge in [0.2, 0.25) is 0 Å². The molecule has 4 nitrogen and oxygen atoms in total. The van der Waals surface area contributed by atoms with Crippen molar-refractivity contribution < 1.29 is 0 Å². The number of nitrogens with one attached hydrogen (secondary N) is 1. The Labute approximate surface area is 184 Å². The maximum absolute atomic E-state index is 7.96. The van der Waals surface area contributed by atoms with Crippen molar-refractivity contribution in [3.8, 4) is 11.4 Å². The molecule has 0 fully saturated rings. The number of para-hydroxylation sites is 1. The summed E-state index contributed by atoms with van der Waals surface area (Å²) < 4.78 is 0. The minimum Gasteiger partial charge on any atom is -0.308 e. The van der Waals surface area contributed by atoms with Crippen LogP contribution in [-0.4, -0.2) is 21.2 Å². The van der Waals surface area contributed by atoms with E-state index in [1.807, 2.05) is 24.4 Å². The van der Waals surface area contributed by atoms with Gasteiger partial charge in [0.15, 0.2) is 5.82 Å². The van der Waals surface area contributed by atoms with Crippen LogP contribution in [0.5, 0.6) is 0 Å². The average molecular weight is 411 g/mol. The molecule has 1 aromatic carbocycles. The summed E-state index contributed by atoms with van der Waals surface area (Å²) in [5.74, 6) is 2.61. The first-order chi connectivity index (χ1) is 15.0. The van der Waals surface area contributed by atoms with Crippen molar-refractivity contribution in [2.75, 3.05) is 0 Å². The molecule has 3 unspecified atom stereocenters. The van der Waals surface area contributed by atoms with Crippen molar-refractivity contribution in [3.05, 3.63) is 64.6 Å². The molecule has 0 radical (unpaired) electrons. The van der Waals surface area contributed by atoms with E-state index in [-0.39, 0.29) is 0 Å². The SMILES string of the molecule is CC1=C(C=N)CC2c3nc(-c4ccnc5ccccc45)nc(C(C)C)c3CCC2C1C. The summed E-state index contributed by atoms with van der Waals surface area (Å²) in [6.07, 6.45) is 6.59. The predicted molar refractivity (Wildman–Crippen MR) is 127 cm³/mol. The number of nitrogens with zero attached hydrogens (tertiary/aromatic N) is 3. The highest BCUT2D eigenvalue weighted by Crippen LogP contribution is 2.50. The van der Waals surface area contributed by atoms with E-state index in [1.54, 1.807) is 6.21 Å². The Morgan fingerprint density at radius 1 is 1.13 bits per heavy atom. The van der Waals surface area contributed by atoms with Crippen molar-refractivity contribution in [1.29, 1.82) is 5.41 Å². The molecule has 2 aromatic heterocycles. The molecule has 0 spiro atoms. The largest absolute Gasteiger partial charge is 0.308 e. The zero-order valence-corrected chi connectivity index (χ0v) is 18.8. The molecule has 0 saturated heterocycles. The summed E-state index contributed by atoms with van der Waals surface area (Å²) in [4.78, 5) is 14.9. The van der Waals surface area contributed by atoms with E-state index >= 15 is 0 Å². The third-order valence-corrected chi connectivity index (χ3v) is 7.55. The molecule has 0 saturated carbocycles. The van der Waals surface area contributed by atoms with Crippen molar-refractivity contribution in [2.45, 2.75) is 58.8 Å². The molecule has 3 atom stereocenters. The molecule has 0 bridgehead atoms. The number of benzene rings is 1. The standard InChI is InChI=1S/C27H30N4/c1-15(2)25-22-10-9-19-17(4)16(3)18(14-28)13-23(19)26(22)31-27(30-25)21-11-12-29-24-8-6-5-7-20(21)24/h5-8,11-12,14-15,17,19,23,28H,9-10,13H2,1-4H3. The maximum Gasteiger partial charge on any atom is 0.160 e. The minimum absolute atomic E-state index is 0.348. The van der Waals surface area contributed by atoms with Crippen LogP contribution in [0.2, 0.25) is 0 Å². The second-order valence-electron chi connectivity index (χ2n) is 9.48. The first-order valence-corrected chi connectivity index (χ1v) is 11.4. The molecular formula is C27H30N4. The second kappa shape index (κ2) is 7.67. The van der Waals surface area contributed by atoms with Gasteiger partial charge in [-0.3, -0.25) is 4.98 Å². The summed E-state index contributed by atoms with van der Waals surface area (Å²) in [5.41, 5.74) is 8.37. The fraction of sp³-hybridized carbons (Fsp3) is 0.407. The fourth-order valence-corrected chi connectivity index (χ4v) is 5.72. The van der Waals surface area contributed by atoms with Gasteiger partial charge >= 0.3 is 0 Å². The van der Waals surface area contributed by atoms with Crippen LogP contribution in [0.4, 0.5) is 0 Å². The summed E-state index contributed by atoms with van der Waals surface area (Å²) in [5, 5.41) is 9.06. The van der Waals surface area contributed by atoms with Crippen molar-refractivity contribution in [3.63, 3.8) is 0 Å². The summed E-state index contributed by atoms with van der Waals surface area (Å²) in [6, 6.07) is 10.3. The van der Waals surface area contributed by atoms with Crippen LogP contribution in [0.1, 0.15) is 69.3 Å².